The third-order valence-corrected chi connectivity index (χ3v) is 2.06. The number of rotatable bonds is 7. The zero-order valence-electron chi connectivity index (χ0n) is 8.94. The molecule has 2 nitrogen and oxygen atoms in total. The van der Waals surface area contributed by atoms with Crippen molar-refractivity contribution in [2.45, 2.75) is 45.6 Å². The van der Waals surface area contributed by atoms with Crippen LogP contribution in [0.4, 0.5) is 0 Å². The van der Waals surface area contributed by atoms with E-state index in [0.717, 1.165) is 13.1 Å². The molecular formula is C10H23NO. The number of hydrogen-bond acceptors (Lipinski definition) is 2. The number of hydrogen-bond donors (Lipinski definition) is 1. The molecule has 0 bridgehead atoms. The van der Waals surface area contributed by atoms with E-state index in [-0.39, 0.29) is 5.60 Å². The summed E-state index contributed by atoms with van der Waals surface area (Å²) >= 11 is 0. The first-order valence-electron chi connectivity index (χ1n) is 4.88. The van der Waals surface area contributed by atoms with Crippen LogP contribution < -0.4 is 5.32 Å². The maximum Gasteiger partial charge on any atom is 0.0746 e. The highest BCUT2D eigenvalue weighted by Gasteiger charge is 2.14. The first-order valence-corrected chi connectivity index (χ1v) is 4.88. The van der Waals surface area contributed by atoms with E-state index in [2.05, 4.69) is 26.1 Å². The van der Waals surface area contributed by atoms with Gasteiger partial charge in [0.05, 0.1) is 5.60 Å². The summed E-state index contributed by atoms with van der Waals surface area (Å²) in [7, 11) is 1.76. The predicted octanol–water partition coefficient (Wildman–Crippen LogP) is 2.19. The molecule has 0 aromatic rings. The average molecular weight is 173 g/mol. The van der Waals surface area contributed by atoms with Gasteiger partial charge in [-0.1, -0.05) is 19.8 Å². The topological polar surface area (TPSA) is 21.3 Å². The minimum Gasteiger partial charge on any atom is -0.377 e. The monoisotopic (exact) mass is 173 g/mol. The molecule has 0 aliphatic rings. The van der Waals surface area contributed by atoms with Crippen LogP contribution in [0.25, 0.3) is 0 Å². The third kappa shape index (κ3) is 6.62. The number of unbranched alkanes of at least 4 members (excludes halogenated alkanes) is 2. The van der Waals surface area contributed by atoms with Crippen LogP contribution in [0.5, 0.6) is 0 Å². The normalized spacial score (nSPS) is 12.0. The average Bonchev–Trinajstić information content (AvgIpc) is 2.04. The summed E-state index contributed by atoms with van der Waals surface area (Å²) in [5.41, 5.74) is -0.0216. The highest BCUT2D eigenvalue weighted by atomic mass is 16.5. The lowest BCUT2D eigenvalue weighted by atomic mass is 10.1. The molecule has 0 atom stereocenters. The number of nitrogens with one attached hydrogen (secondary N) is 1. The summed E-state index contributed by atoms with van der Waals surface area (Å²) in [6.45, 7) is 8.46. The van der Waals surface area contributed by atoms with E-state index in [1.165, 1.54) is 19.3 Å². The van der Waals surface area contributed by atoms with Gasteiger partial charge in [0.2, 0.25) is 0 Å². The van der Waals surface area contributed by atoms with E-state index in [9.17, 15) is 0 Å². The van der Waals surface area contributed by atoms with Gasteiger partial charge in [0.1, 0.15) is 0 Å². The van der Waals surface area contributed by atoms with E-state index in [4.69, 9.17) is 4.74 Å². The van der Waals surface area contributed by atoms with Gasteiger partial charge < -0.3 is 10.1 Å². The molecule has 0 rings (SSSR count). The van der Waals surface area contributed by atoms with Crippen LogP contribution in [-0.2, 0) is 4.74 Å². The second-order valence-corrected chi connectivity index (χ2v) is 3.85. The van der Waals surface area contributed by atoms with Crippen molar-refractivity contribution in [3.05, 3.63) is 0 Å². The van der Waals surface area contributed by atoms with Crippen LogP contribution in [0, 0.1) is 0 Å². The van der Waals surface area contributed by atoms with Crippen molar-refractivity contribution in [1.29, 1.82) is 0 Å². The molecule has 0 aromatic carbocycles. The van der Waals surface area contributed by atoms with E-state index in [1.807, 2.05) is 0 Å². The Morgan fingerprint density at radius 1 is 1.25 bits per heavy atom. The van der Waals surface area contributed by atoms with Crippen LogP contribution in [-0.4, -0.2) is 25.8 Å². The Bertz CT molecular complexity index is 102. The van der Waals surface area contributed by atoms with Crippen molar-refractivity contribution in [1.82, 2.24) is 5.32 Å². The Kier molecular flexibility index (Phi) is 6.39. The quantitative estimate of drug-likeness (QED) is 0.596. The molecule has 0 saturated heterocycles. The third-order valence-electron chi connectivity index (χ3n) is 2.06. The first kappa shape index (κ1) is 11.9. The Hall–Kier alpha value is -0.0800. The summed E-state index contributed by atoms with van der Waals surface area (Å²) in [5.74, 6) is 0. The highest BCUT2D eigenvalue weighted by molar-refractivity contribution is 4.70. The minimum absolute atomic E-state index is 0.0216. The van der Waals surface area contributed by atoms with Gasteiger partial charge in [0, 0.05) is 13.7 Å². The van der Waals surface area contributed by atoms with Crippen LogP contribution in [0.15, 0.2) is 0 Å². The molecule has 0 spiro atoms. The second-order valence-electron chi connectivity index (χ2n) is 3.85. The number of methoxy groups -OCH3 is 1. The molecule has 74 valence electrons. The van der Waals surface area contributed by atoms with Crippen molar-refractivity contribution in [3.63, 3.8) is 0 Å². The fourth-order valence-corrected chi connectivity index (χ4v) is 0.962. The Labute approximate surface area is 76.7 Å². The minimum atomic E-state index is -0.0216. The molecule has 0 amide bonds. The number of ether oxygens (including phenoxy) is 1. The Morgan fingerprint density at radius 3 is 2.42 bits per heavy atom. The summed E-state index contributed by atoms with van der Waals surface area (Å²) in [6, 6.07) is 0. The molecule has 12 heavy (non-hydrogen) atoms. The fourth-order valence-electron chi connectivity index (χ4n) is 0.962. The van der Waals surface area contributed by atoms with Crippen molar-refractivity contribution >= 4 is 0 Å². The van der Waals surface area contributed by atoms with E-state index in [0.29, 0.717) is 0 Å². The van der Waals surface area contributed by atoms with E-state index in [1.54, 1.807) is 7.11 Å². The van der Waals surface area contributed by atoms with Gasteiger partial charge >= 0.3 is 0 Å². The van der Waals surface area contributed by atoms with Crippen molar-refractivity contribution in [2.24, 2.45) is 0 Å². The van der Waals surface area contributed by atoms with Crippen LogP contribution in [0.3, 0.4) is 0 Å². The lowest BCUT2D eigenvalue weighted by molar-refractivity contribution is 0.0234. The van der Waals surface area contributed by atoms with Gasteiger partial charge in [0.15, 0.2) is 0 Å². The Balaban J connectivity index is 3.19. The van der Waals surface area contributed by atoms with Gasteiger partial charge in [-0.15, -0.1) is 0 Å². The van der Waals surface area contributed by atoms with Crippen LogP contribution >= 0.6 is 0 Å². The molecular weight excluding hydrogens is 150 g/mol. The van der Waals surface area contributed by atoms with Gasteiger partial charge in [-0.3, -0.25) is 0 Å². The Morgan fingerprint density at radius 2 is 1.92 bits per heavy atom. The predicted molar refractivity (Wildman–Crippen MR) is 53.5 cm³/mol. The van der Waals surface area contributed by atoms with Gasteiger partial charge in [-0.05, 0) is 26.8 Å². The molecule has 1 N–H and O–H groups in total. The molecule has 0 aliphatic heterocycles. The molecule has 0 aromatic heterocycles. The largest absolute Gasteiger partial charge is 0.377 e. The maximum absolute atomic E-state index is 5.28. The lowest BCUT2D eigenvalue weighted by Gasteiger charge is -2.23. The SMILES string of the molecule is CCCCCNCC(C)(C)OC. The zero-order valence-corrected chi connectivity index (χ0v) is 8.94. The van der Waals surface area contributed by atoms with Gasteiger partial charge in [-0.2, -0.15) is 0 Å². The molecule has 0 fully saturated rings. The highest BCUT2D eigenvalue weighted by Crippen LogP contribution is 2.04. The van der Waals surface area contributed by atoms with Gasteiger partial charge in [-0.25, -0.2) is 0 Å². The smallest absolute Gasteiger partial charge is 0.0746 e. The van der Waals surface area contributed by atoms with Crippen LogP contribution in [0.2, 0.25) is 0 Å². The van der Waals surface area contributed by atoms with Gasteiger partial charge in [0.25, 0.3) is 0 Å². The molecule has 0 saturated carbocycles. The molecule has 0 radical (unpaired) electrons. The van der Waals surface area contributed by atoms with E-state index < -0.39 is 0 Å². The van der Waals surface area contributed by atoms with Crippen LogP contribution in [0.1, 0.15) is 40.0 Å². The molecule has 2 heteroatoms. The molecule has 0 heterocycles. The van der Waals surface area contributed by atoms with E-state index >= 15 is 0 Å². The fraction of sp³-hybridized carbons (Fsp3) is 1.00. The first-order chi connectivity index (χ1) is 5.62. The summed E-state index contributed by atoms with van der Waals surface area (Å²) in [4.78, 5) is 0. The zero-order chi connectivity index (χ0) is 9.45. The summed E-state index contributed by atoms with van der Waals surface area (Å²) in [5, 5.41) is 3.39. The van der Waals surface area contributed by atoms with Crippen molar-refractivity contribution < 1.29 is 4.74 Å². The lowest BCUT2D eigenvalue weighted by Crippen LogP contribution is -2.37. The second kappa shape index (κ2) is 6.44. The summed E-state index contributed by atoms with van der Waals surface area (Å²) < 4.78 is 5.28. The molecule has 0 unspecified atom stereocenters. The maximum atomic E-state index is 5.28. The standard InChI is InChI=1S/C10H23NO/c1-5-6-7-8-11-9-10(2,3)12-4/h11H,5-9H2,1-4H3. The summed E-state index contributed by atoms with van der Waals surface area (Å²) in [6.07, 6.45) is 3.88. The van der Waals surface area contributed by atoms with Crippen molar-refractivity contribution in [2.75, 3.05) is 20.2 Å². The van der Waals surface area contributed by atoms with Crippen molar-refractivity contribution in [3.8, 4) is 0 Å². The molecule has 0 aliphatic carbocycles.